The Hall–Kier alpha value is -2.63. The highest BCUT2D eigenvalue weighted by molar-refractivity contribution is 7.10. The van der Waals surface area contributed by atoms with E-state index in [0.717, 1.165) is 18.4 Å². The third-order valence-electron chi connectivity index (χ3n) is 7.03. The van der Waals surface area contributed by atoms with Gasteiger partial charge in [-0.2, -0.15) is 0 Å². The minimum atomic E-state index is -0.149. The molecule has 1 aliphatic heterocycles. The molecule has 3 unspecified atom stereocenters. The van der Waals surface area contributed by atoms with E-state index in [2.05, 4.69) is 37.4 Å². The third kappa shape index (κ3) is 5.17. The maximum atomic E-state index is 13.8. The number of nitrogens with zero attached hydrogens (tertiary/aromatic N) is 2. The van der Waals surface area contributed by atoms with E-state index in [1.165, 1.54) is 16.0 Å². The second-order valence-corrected chi connectivity index (χ2v) is 11.5. The first-order valence-electron chi connectivity index (χ1n) is 12.4. The first-order chi connectivity index (χ1) is 16.9. The topological polar surface area (TPSA) is 40.6 Å². The summed E-state index contributed by atoms with van der Waals surface area (Å²) in [5.41, 5.74) is 3.45. The Kier molecular flexibility index (Phi) is 6.99. The maximum absolute atomic E-state index is 13.8. The van der Waals surface area contributed by atoms with Crippen molar-refractivity contribution in [2.75, 3.05) is 19.6 Å². The van der Waals surface area contributed by atoms with Crippen molar-refractivity contribution in [1.29, 1.82) is 0 Å². The second kappa shape index (κ2) is 10.2. The molecule has 0 spiro atoms. The lowest BCUT2D eigenvalue weighted by molar-refractivity contribution is -0.142. The number of fused-ring (bicyclic) bond motifs is 1. The van der Waals surface area contributed by atoms with Crippen LogP contribution in [0.25, 0.3) is 0 Å². The molecular formula is C29H31ClN2O2S. The van der Waals surface area contributed by atoms with Gasteiger partial charge in [0.25, 0.3) is 0 Å². The van der Waals surface area contributed by atoms with Crippen molar-refractivity contribution in [2.45, 2.75) is 38.6 Å². The van der Waals surface area contributed by atoms with Crippen molar-refractivity contribution in [3.8, 4) is 0 Å². The second-order valence-electron chi connectivity index (χ2n) is 10.1. The van der Waals surface area contributed by atoms with E-state index in [4.69, 9.17) is 11.6 Å². The van der Waals surface area contributed by atoms with Crippen LogP contribution in [0, 0.1) is 11.8 Å². The Bertz CT molecular complexity index is 1190. The van der Waals surface area contributed by atoms with Gasteiger partial charge in [-0.3, -0.25) is 9.59 Å². The molecule has 0 N–H and O–H groups in total. The Labute approximate surface area is 216 Å². The third-order valence-corrected chi connectivity index (χ3v) is 8.28. The fraction of sp³-hybridized carbons (Fsp3) is 0.379. The summed E-state index contributed by atoms with van der Waals surface area (Å²) >= 11 is 7.90. The monoisotopic (exact) mass is 506 g/mol. The number of carbonyl (C=O) groups is 2. The number of halogens is 1. The summed E-state index contributed by atoms with van der Waals surface area (Å²) in [5, 5.41) is 2.78. The number of benzene rings is 2. The Morgan fingerprint density at radius 3 is 2.51 bits per heavy atom. The lowest BCUT2D eigenvalue weighted by Gasteiger charge is -2.38. The Balaban J connectivity index is 1.36. The molecule has 3 atom stereocenters. The van der Waals surface area contributed by atoms with Crippen molar-refractivity contribution < 1.29 is 9.59 Å². The summed E-state index contributed by atoms with van der Waals surface area (Å²) in [5.74, 6) is 0.641. The quantitative estimate of drug-likeness (QED) is 0.385. The molecule has 2 heterocycles. The van der Waals surface area contributed by atoms with Crippen LogP contribution in [0.2, 0.25) is 5.02 Å². The van der Waals surface area contributed by atoms with Gasteiger partial charge in [0, 0.05) is 28.9 Å². The van der Waals surface area contributed by atoms with Gasteiger partial charge in [-0.15, -0.1) is 11.3 Å². The zero-order valence-electron chi connectivity index (χ0n) is 20.2. The van der Waals surface area contributed by atoms with Gasteiger partial charge in [0.2, 0.25) is 11.8 Å². The molecule has 182 valence electrons. The van der Waals surface area contributed by atoms with Crippen molar-refractivity contribution in [3.05, 3.63) is 92.6 Å². The van der Waals surface area contributed by atoms with E-state index >= 15 is 0 Å². The molecule has 1 aliphatic carbocycles. The summed E-state index contributed by atoms with van der Waals surface area (Å²) in [6.45, 7) is 5.56. The van der Waals surface area contributed by atoms with Crippen LogP contribution in [0.15, 0.2) is 66.0 Å². The minimum absolute atomic E-state index is 0.00714. The van der Waals surface area contributed by atoms with Gasteiger partial charge in [0.05, 0.1) is 12.6 Å². The van der Waals surface area contributed by atoms with E-state index in [1.54, 1.807) is 11.3 Å². The van der Waals surface area contributed by atoms with E-state index in [9.17, 15) is 9.59 Å². The first kappa shape index (κ1) is 24.1. The Morgan fingerprint density at radius 2 is 1.80 bits per heavy atom. The van der Waals surface area contributed by atoms with Crippen molar-refractivity contribution in [1.82, 2.24) is 9.80 Å². The van der Waals surface area contributed by atoms with Gasteiger partial charge in [-0.05, 0) is 64.9 Å². The smallest absolute Gasteiger partial charge is 0.242 e. The van der Waals surface area contributed by atoms with Crippen molar-refractivity contribution in [3.63, 3.8) is 0 Å². The predicted octanol–water partition coefficient (Wildman–Crippen LogP) is 6.16. The maximum Gasteiger partial charge on any atom is 0.242 e. The highest BCUT2D eigenvalue weighted by atomic mass is 35.5. The zero-order valence-corrected chi connectivity index (χ0v) is 21.8. The normalized spacial score (nSPS) is 21.0. The van der Waals surface area contributed by atoms with Gasteiger partial charge in [0.15, 0.2) is 0 Å². The molecular weight excluding hydrogens is 476 g/mol. The highest BCUT2D eigenvalue weighted by Gasteiger charge is 2.46. The minimum Gasteiger partial charge on any atom is -0.333 e. The van der Waals surface area contributed by atoms with E-state index < -0.39 is 0 Å². The van der Waals surface area contributed by atoms with E-state index in [0.29, 0.717) is 18.1 Å². The molecule has 5 rings (SSSR count). The standard InChI is InChI=1S/C29H31ClN2O2S/c1-19(2)17-31(29(34)25-16-24(25)20-6-4-3-5-7-20)18-27(33)32-14-12-26-23(13-15-35-26)28(32)21-8-10-22(30)11-9-21/h3-11,13,15,19,24-25,28H,12,14,16-18H2,1-2H3. The summed E-state index contributed by atoms with van der Waals surface area (Å²) in [7, 11) is 0. The number of thiophene rings is 1. The number of hydrogen-bond acceptors (Lipinski definition) is 3. The molecule has 35 heavy (non-hydrogen) atoms. The predicted molar refractivity (Wildman–Crippen MR) is 142 cm³/mol. The summed E-state index contributed by atoms with van der Waals surface area (Å²) < 4.78 is 0. The Morgan fingerprint density at radius 1 is 1.06 bits per heavy atom. The lowest BCUT2D eigenvalue weighted by Crippen LogP contribution is -2.48. The van der Waals surface area contributed by atoms with Gasteiger partial charge >= 0.3 is 0 Å². The lowest BCUT2D eigenvalue weighted by atomic mass is 9.93. The molecule has 0 radical (unpaired) electrons. The number of hydrogen-bond donors (Lipinski definition) is 0. The van der Waals surface area contributed by atoms with Gasteiger partial charge in [0.1, 0.15) is 0 Å². The molecule has 1 fully saturated rings. The van der Waals surface area contributed by atoms with Gasteiger partial charge < -0.3 is 9.80 Å². The van der Waals surface area contributed by atoms with E-state index in [-0.39, 0.29) is 42.2 Å². The largest absolute Gasteiger partial charge is 0.333 e. The molecule has 0 bridgehead atoms. The fourth-order valence-corrected chi connectivity index (χ4v) is 6.32. The molecule has 1 saturated carbocycles. The van der Waals surface area contributed by atoms with Crippen LogP contribution in [0.4, 0.5) is 0 Å². The zero-order chi connectivity index (χ0) is 24.5. The van der Waals surface area contributed by atoms with Crippen LogP contribution in [0.1, 0.15) is 53.8 Å². The first-order valence-corrected chi connectivity index (χ1v) is 13.6. The van der Waals surface area contributed by atoms with Crippen LogP contribution in [0.3, 0.4) is 0 Å². The molecule has 2 aliphatic rings. The average Bonchev–Trinajstić information content (AvgIpc) is 3.51. The molecule has 1 aromatic heterocycles. The SMILES string of the molecule is CC(C)CN(CC(=O)N1CCc2sccc2C1c1ccc(Cl)cc1)C(=O)C1CC1c1ccccc1. The summed E-state index contributed by atoms with van der Waals surface area (Å²) in [6.07, 6.45) is 1.71. The highest BCUT2D eigenvalue weighted by Crippen LogP contribution is 2.48. The number of carbonyl (C=O) groups excluding carboxylic acids is 2. The van der Waals surface area contributed by atoms with E-state index in [1.807, 2.05) is 52.3 Å². The average molecular weight is 507 g/mol. The van der Waals surface area contributed by atoms with Gasteiger partial charge in [-0.25, -0.2) is 0 Å². The fourth-order valence-electron chi connectivity index (χ4n) is 5.29. The molecule has 2 aromatic carbocycles. The van der Waals surface area contributed by atoms with Gasteiger partial charge in [-0.1, -0.05) is 67.9 Å². The van der Waals surface area contributed by atoms with Crippen LogP contribution in [0.5, 0.6) is 0 Å². The summed E-state index contributed by atoms with van der Waals surface area (Å²) in [6, 6.07) is 20.0. The van der Waals surface area contributed by atoms with Crippen molar-refractivity contribution >= 4 is 34.8 Å². The molecule has 6 heteroatoms. The van der Waals surface area contributed by atoms with Crippen LogP contribution >= 0.6 is 22.9 Å². The van der Waals surface area contributed by atoms with Crippen LogP contribution in [-0.4, -0.2) is 41.2 Å². The van der Waals surface area contributed by atoms with Crippen molar-refractivity contribution in [2.24, 2.45) is 11.8 Å². The molecule has 0 saturated heterocycles. The van der Waals surface area contributed by atoms with Crippen LogP contribution in [-0.2, 0) is 16.0 Å². The number of rotatable bonds is 7. The molecule has 4 nitrogen and oxygen atoms in total. The molecule has 3 aromatic rings. The summed E-state index contributed by atoms with van der Waals surface area (Å²) in [4.78, 5) is 32.4. The molecule has 2 amide bonds. The van der Waals surface area contributed by atoms with Crippen LogP contribution < -0.4 is 0 Å². The number of amides is 2.